The van der Waals surface area contributed by atoms with Crippen LogP contribution in [0.1, 0.15) is 1.43 Å². The van der Waals surface area contributed by atoms with Crippen LogP contribution in [0.3, 0.4) is 0 Å². The van der Waals surface area contributed by atoms with Crippen molar-refractivity contribution in [3.8, 4) is 6.07 Å². The van der Waals surface area contributed by atoms with Crippen LogP contribution in [0, 0.1) is 11.3 Å². The molecule has 0 aliphatic carbocycles. The average molecular weight is 130 g/mol. The molecule has 0 fully saturated rings. The van der Waals surface area contributed by atoms with Crippen molar-refractivity contribution in [2.24, 2.45) is 0 Å². The van der Waals surface area contributed by atoms with Gasteiger partial charge in [0.2, 0.25) is 0 Å². The molecule has 0 aromatic rings. The summed E-state index contributed by atoms with van der Waals surface area (Å²) in [6.07, 6.45) is -0.994. The van der Waals surface area contributed by atoms with Crippen LogP contribution in [-0.4, -0.2) is 17.1 Å². The molecule has 0 saturated heterocycles. The SMILES string of the molecule is N#CC(O)CCl.[H-].[Na+]. The first kappa shape index (κ1) is 10.7. The Morgan fingerprint density at radius 3 is 2.43 bits per heavy atom. The molecule has 0 rings (SSSR count). The Labute approximate surface area is 70.9 Å². The van der Waals surface area contributed by atoms with E-state index in [1.165, 1.54) is 6.07 Å². The predicted molar refractivity (Wildman–Crippen MR) is 23.5 cm³/mol. The molecule has 1 atom stereocenters. The van der Waals surface area contributed by atoms with Crippen LogP contribution in [-0.2, 0) is 0 Å². The molecule has 1 N–H and O–H groups in total. The average Bonchev–Trinajstić information content (AvgIpc) is 1.65. The van der Waals surface area contributed by atoms with E-state index in [0.717, 1.165) is 0 Å². The molecule has 0 radical (unpaired) electrons. The first-order valence-corrected chi connectivity index (χ1v) is 1.98. The Bertz CT molecular complexity index is 76.2. The first-order chi connectivity index (χ1) is 2.81. The third-order valence-corrected chi connectivity index (χ3v) is 0.587. The Hall–Kier alpha value is 0.740. The smallest absolute Gasteiger partial charge is 1.00 e. The molecule has 0 amide bonds. The quantitative estimate of drug-likeness (QED) is 0.237. The summed E-state index contributed by atoms with van der Waals surface area (Å²) in [5, 5.41) is 15.9. The molecule has 7 heavy (non-hydrogen) atoms. The Morgan fingerprint density at radius 2 is 2.43 bits per heavy atom. The van der Waals surface area contributed by atoms with Gasteiger partial charge in [-0.05, 0) is 0 Å². The van der Waals surface area contributed by atoms with E-state index in [0.29, 0.717) is 0 Å². The normalized spacial score (nSPS) is 11.0. The van der Waals surface area contributed by atoms with E-state index in [4.69, 9.17) is 22.0 Å². The molecule has 4 heteroatoms. The van der Waals surface area contributed by atoms with Gasteiger partial charge < -0.3 is 6.53 Å². The van der Waals surface area contributed by atoms with Crippen molar-refractivity contribution in [3.63, 3.8) is 0 Å². The Balaban J connectivity index is -0.000000125. The van der Waals surface area contributed by atoms with Crippen molar-refractivity contribution in [3.05, 3.63) is 0 Å². The number of alkyl halides is 1. The van der Waals surface area contributed by atoms with Crippen LogP contribution < -0.4 is 29.6 Å². The molecule has 2 nitrogen and oxygen atoms in total. The number of rotatable bonds is 1. The molecular weight excluding hydrogens is 124 g/mol. The van der Waals surface area contributed by atoms with E-state index in [1.54, 1.807) is 0 Å². The standard InChI is InChI=1S/C3H4ClNO.Na.H/c4-1-3(6)2-5;;/h3,6H,1H2;;/q;+1;-1. The Morgan fingerprint density at radius 1 is 2.00 bits per heavy atom. The van der Waals surface area contributed by atoms with Gasteiger partial charge in [-0.3, -0.25) is 0 Å². The van der Waals surface area contributed by atoms with E-state index < -0.39 is 6.10 Å². The zero-order valence-electron chi connectivity index (χ0n) is 5.06. The number of hydrogen-bond donors (Lipinski definition) is 1. The van der Waals surface area contributed by atoms with Gasteiger partial charge in [0.05, 0.1) is 11.9 Å². The Kier molecular flexibility index (Phi) is 10.3. The number of aliphatic hydroxyl groups excluding tert-OH is 1. The van der Waals surface area contributed by atoms with Crippen molar-refractivity contribution < 1.29 is 36.1 Å². The van der Waals surface area contributed by atoms with E-state index >= 15 is 0 Å². The molecule has 0 aromatic heterocycles. The molecule has 0 aromatic carbocycles. The van der Waals surface area contributed by atoms with Gasteiger partial charge in [-0.2, -0.15) is 5.26 Å². The fraction of sp³-hybridized carbons (Fsp3) is 0.667. The summed E-state index contributed by atoms with van der Waals surface area (Å²) in [7, 11) is 0. The van der Waals surface area contributed by atoms with Crippen molar-refractivity contribution in [1.29, 1.82) is 5.26 Å². The number of hydrogen-bond acceptors (Lipinski definition) is 2. The van der Waals surface area contributed by atoms with E-state index in [2.05, 4.69) is 0 Å². The van der Waals surface area contributed by atoms with Crippen LogP contribution in [0.15, 0.2) is 0 Å². The number of nitrogens with zero attached hydrogens (tertiary/aromatic N) is 1. The minimum absolute atomic E-state index is 0. The zero-order chi connectivity index (χ0) is 4.99. The third-order valence-electron chi connectivity index (χ3n) is 0.295. The van der Waals surface area contributed by atoms with E-state index in [9.17, 15) is 0 Å². The predicted octanol–water partition coefficient (Wildman–Crippen LogP) is -2.77. The summed E-state index contributed by atoms with van der Waals surface area (Å²) < 4.78 is 0. The van der Waals surface area contributed by atoms with Crippen molar-refractivity contribution in [2.75, 3.05) is 5.88 Å². The molecule has 0 bridgehead atoms. The van der Waals surface area contributed by atoms with E-state index in [-0.39, 0.29) is 36.9 Å². The fourth-order valence-corrected chi connectivity index (χ4v) is 0.104. The molecule has 0 aliphatic rings. The second-order valence-electron chi connectivity index (χ2n) is 0.799. The second kappa shape index (κ2) is 6.74. The van der Waals surface area contributed by atoms with Crippen LogP contribution in [0.25, 0.3) is 0 Å². The van der Waals surface area contributed by atoms with Crippen molar-refractivity contribution in [1.82, 2.24) is 0 Å². The van der Waals surface area contributed by atoms with Gasteiger partial charge in [-0.15, -0.1) is 11.6 Å². The van der Waals surface area contributed by atoms with Crippen LogP contribution in [0.2, 0.25) is 0 Å². The summed E-state index contributed by atoms with van der Waals surface area (Å²) in [5.74, 6) is -0.00347. The third kappa shape index (κ3) is 6.74. The second-order valence-corrected chi connectivity index (χ2v) is 1.11. The molecule has 0 aliphatic heterocycles. The topological polar surface area (TPSA) is 44.0 Å². The summed E-state index contributed by atoms with van der Waals surface area (Å²) in [4.78, 5) is 0. The zero-order valence-corrected chi connectivity index (χ0v) is 6.81. The molecule has 36 valence electrons. The molecule has 1 unspecified atom stereocenters. The van der Waals surface area contributed by atoms with Gasteiger partial charge in [-0.25, -0.2) is 0 Å². The minimum Gasteiger partial charge on any atom is -1.00 e. The fourth-order valence-electron chi connectivity index (χ4n) is 0.0345. The van der Waals surface area contributed by atoms with Crippen LogP contribution in [0.5, 0.6) is 0 Å². The summed E-state index contributed by atoms with van der Waals surface area (Å²) in [5.41, 5.74) is 0. The largest absolute Gasteiger partial charge is 1.00 e. The van der Waals surface area contributed by atoms with Gasteiger partial charge in [0.1, 0.15) is 0 Å². The van der Waals surface area contributed by atoms with Gasteiger partial charge in [-0.1, -0.05) is 0 Å². The molecule has 0 heterocycles. The van der Waals surface area contributed by atoms with Gasteiger partial charge in [0.25, 0.3) is 0 Å². The summed E-state index contributed by atoms with van der Waals surface area (Å²) in [6.45, 7) is 0. The summed E-state index contributed by atoms with van der Waals surface area (Å²) >= 11 is 4.98. The van der Waals surface area contributed by atoms with Crippen molar-refractivity contribution >= 4 is 11.6 Å². The monoisotopic (exact) mass is 129 g/mol. The van der Waals surface area contributed by atoms with Gasteiger partial charge >= 0.3 is 29.6 Å². The van der Waals surface area contributed by atoms with Crippen LogP contribution >= 0.6 is 11.6 Å². The number of halogens is 1. The summed E-state index contributed by atoms with van der Waals surface area (Å²) in [6, 6.07) is 1.54. The molecule has 0 saturated carbocycles. The molecular formula is C3H5ClNNaO. The number of aliphatic hydroxyl groups is 1. The van der Waals surface area contributed by atoms with Crippen molar-refractivity contribution in [2.45, 2.75) is 6.10 Å². The minimum atomic E-state index is -0.994. The van der Waals surface area contributed by atoms with Crippen LogP contribution in [0.4, 0.5) is 0 Å². The maximum Gasteiger partial charge on any atom is 1.00 e. The van der Waals surface area contributed by atoms with Gasteiger partial charge in [0.15, 0.2) is 6.10 Å². The van der Waals surface area contributed by atoms with Gasteiger partial charge in [0, 0.05) is 0 Å². The van der Waals surface area contributed by atoms with E-state index in [1.807, 2.05) is 0 Å². The number of nitriles is 1. The maximum absolute atomic E-state index is 8.17. The maximum atomic E-state index is 8.17. The molecule has 0 spiro atoms. The first-order valence-electron chi connectivity index (χ1n) is 1.45.